The van der Waals surface area contributed by atoms with Gasteiger partial charge >= 0.3 is 5.76 Å². The van der Waals surface area contributed by atoms with Crippen LogP contribution in [0.1, 0.15) is 11.1 Å². The fourth-order valence-electron chi connectivity index (χ4n) is 2.18. The van der Waals surface area contributed by atoms with Crippen molar-refractivity contribution in [3.8, 4) is 17.6 Å². The molecule has 138 valence electrons. The van der Waals surface area contributed by atoms with Crippen molar-refractivity contribution in [1.82, 2.24) is 5.32 Å². The Kier molecular flexibility index (Phi) is 6.28. The first-order chi connectivity index (χ1) is 12.2. The lowest BCUT2D eigenvalue weighted by molar-refractivity contribution is 0.234. The molecule has 0 spiro atoms. The zero-order chi connectivity index (χ0) is 19.5. The van der Waals surface area contributed by atoms with Crippen LogP contribution >= 0.6 is 15.9 Å². The highest BCUT2D eigenvalue weighted by Gasteiger charge is 2.30. The summed E-state index contributed by atoms with van der Waals surface area (Å²) in [6.07, 6.45) is 0. The van der Waals surface area contributed by atoms with Gasteiger partial charge in [-0.15, -0.1) is 0 Å². The van der Waals surface area contributed by atoms with E-state index in [-0.39, 0.29) is 33.6 Å². The van der Waals surface area contributed by atoms with Gasteiger partial charge in [0, 0.05) is 18.2 Å². The smallest absolute Gasteiger partial charge is 0.341 e. The number of nitrogens with one attached hydrogen (secondary N) is 1. The van der Waals surface area contributed by atoms with Crippen molar-refractivity contribution in [2.24, 2.45) is 0 Å². The molecule has 0 saturated heterocycles. The summed E-state index contributed by atoms with van der Waals surface area (Å²) in [5.74, 6) is -4.18. The zero-order valence-electron chi connectivity index (χ0n) is 13.3. The van der Waals surface area contributed by atoms with E-state index in [1.165, 1.54) is 19.2 Å². The molecule has 0 radical (unpaired) electrons. The van der Waals surface area contributed by atoms with Gasteiger partial charge in [-0.2, -0.15) is 14.0 Å². The number of alkyl halides is 2. The molecule has 0 aromatic heterocycles. The van der Waals surface area contributed by atoms with Crippen LogP contribution in [-0.4, -0.2) is 21.2 Å². The molecule has 10 heteroatoms. The van der Waals surface area contributed by atoms with E-state index in [1.807, 2.05) is 0 Å². The van der Waals surface area contributed by atoms with Crippen LogP contribution < -0.4 is 10.1 Å². The molecule has 0 heterocycles. The molecule has 5 nitrogen and oxygen atoms in total. The van der Waals surface area contributed by atoms with Crippen molar-refractivity contribution < 1.29 is 26.3 Å². The van der Waals surface area contributed by atoms with E-state index >= 15 is 0 Å². The summed E-state index contributed by atoms with van der Waals surface area (Å²) >= 11 is 3.15. The number of halogens is 4. The average Bonchev–Trinajstić information content (AvgIpc) is 2.57. The Bertz CT molecular complexity index is 975. The fourth-order valence-corrected chi connectivity index (χ4v) is 3.84. The minimum atomic E-state index is -4.82. The van der Waals surface area contributed by atoms with Gasteiger partial charge in [0.1, 0.15) is 17.3 Å². The topological polar surface area (TPSA) is 79.2 Å². The normalized spacial score (nSPS) is 11.4. The fraction of sp³-hybridized carbons (Fsp3) is 0.188. The molecule has 0 bridgehead atoms. The number of rotatable bonds is 6. The average molecular weight is 449 g/mol. The monoisotopic (exact) mass is 448 g/mol. The van der Waals surface area contributed by atoms with Crippen molar-refractivity contribution in [2.75, 3.05) is 7.05 Å². The number of nitriles is 1. The SMILES string of the molecule is CNCc1c(S(=O)(=O)C(F)F)ccc(Oc2cc(F)cc(C#N)c2)c1Br. The minimum Gasteiger partial charge on any atom is -0.456 e. The van der Waals surface area contributed by atoms with Gasteiger partial charge in [-0.1, -0.05) is 0 Å². The summed E-state index contributed by atoms with van der Waals surface area (Å²) in [6.45, 7) is -0.0360. The molecular formula is C16H12BrF3N2O3S. The summed E-state index contributed by atoms with van der Waals surface area (Å²) in [4.78, 5) is -0.543. The van der Waals surface area contributed by atoms with Gasteiger partial charge in [-0.05, 0) is 47.2 Å². The predicted molar refractivity (Wildman–Crippen MR) is 91.3 cm³/mol. The molecule has 0 atom stereocenters. The molecule has 2 rings (SSSR count). The van der Waals surface area contributed by atoms with E-state index < -0.39 is 26.3 Å². The molecule has 0 aliphatic heterocycles. The van der Waals surface area contributed by atoms with Gasteiger partial charge in [-0.3, -0.25) is 0 Å². The Morgan fingerprint density at radius 1 is 1.31 bits per heavy atom. The lowest BCUT2D eigenvalue weighted by Gasteiger charge is -2.16. The highest BCUT2D eigenvalue weighted by molar-refractivity contribution is 9.10. The Morgan fingerprint density at radius 2 is 2.00 bits per heavy atom. The van der Waals surface area contributed by atoms with Crippen molar-refractivity contribution in [3.05, 3.63) is 51.7 Å². The van der Waals surface area contributed by atoms with E-state index in [0.29, 0.717) is 0 Å². The molecule has 26 heavy (non-hydrogen) atoms. The third-order valence-electron chi connectivity index (χ3n) is 3.29. The van der Waals surface area contributed by atoms with Gasteiger partial charge in [0.15, 0.2) is 0 Å². The largest absolute Gasteiger partial charge is 0.456 e. The second-order valence-electron chi connectivity index (χ2n) is 5.08. The zero-order valence-corrected chi connectivity index (χ0v) is 15.7. The van der Waals surface area contributed by atoms with Crippen molar-refractivity contribution >= 4 is 25.8 Å². The molecule has 1 N–H and O–H groups in total. The third-order valence-corrected chi connectivity index (χ3v) is 5.62. The minimum absolute atomic E-state index is 0.00197. The second-order valence-corrected chi connectivity index (χ2v) is 7.76. The summed E-state index contributed by atoms with van der Waals surface area (Å²) in [6, 6.07) is 7.30. The molecule has 0 aliphatic carbocycles. The maximum absolute atomic E-state index is 13.5. The van der Waals surface area contributed by atoms with Crippen LogP contribution in [0.15, 0.2) is 39.7 Å². The van der Waals surface area contributed by atoms with Crippen LogP contribution in [0.5, 0.6) is 11.5 Å². The number of benzene rings is 2. The van der Waals surface area contributed by atoms with Crippen LogP contribution in [0.2, 0.25) is 0 Å². The quantitative estimate of drug-likeness (QED) is 0.722. The molecule has 0 saturated carbocycles. The Morgan fingerprint density at radius 3 is 2.58 bits per heavy atom. The molecule has 2 aromatic rings. The number of nitrogens with zero attached hydrogens (tertiary/aromatic N) is 1. The summed E-state index contributed by atoms with van der Waals surface area (Å²) in [7, 11) is -3.30. The van der Waals surface area contributed by atoms with E-state index in [2.05, 4.69) is 21.2 Å². The van der Waals surface area contributed by atoms with Gasteiger partial charge in [-0.25, -0.2) is 12.8 Å². The van der Waals surface area contributed by atoms with Crippen molar-refractivity contribution in [3.63, 3.8) is 0 Å². The van der Waals surface area contributed by atoms with E-state index in [0.717, 1.165) is 18.2 Å². The molecular weight excluding hydrogens is 437 g/mol. The van der Waals surface area contributed by atoms with Gasteiger partial charge < -0.3 is 10.1 Å². The van der Waals surface area contributed by atoms with Crippen LogP contribution in [0, 0.1) is 17.1 Å². The van der Waals surface area contributed by atoms with E-state index in [4.69, 9.17) is 10.00 Å². The number of ether oxygens (including phenoxy) is 1. The second kappa shape index (κ2) is 8.07. The van der Waals surface area contributed by atoms with E-state index in [1.54, 1.807) is 6.07 Å². The standard InChI is InChI=1S/C16H12BrF3N2O3S/c1-22-8-12-14(26(23,24)16(19)20)3-2-13(15(12)17)25-11-5-9(7-21)4-10(18)6-11/h2-6,16,22H,8H2,1H3. The molecule has 0 amide bonds. The Balaban J connectivity index is 2.54. The summed E-state index contributed by atoms with van der Waals surface area (Å²) in [5, 5.41) is 11.6. The summed E-state index contributed by atoms with van der Waals surface area (Å²) < 4.78 is 68.6. The molecule has 2 aromatic carbocycles. The molecule has 0 fully saturated rings. The lowest BCUT2D eigenvalue weighted by atomic mass is 10.2. The van der Waals surface area contributed by atoms with Crippen LogP contribution in [0.25, 0.3) is 0 Å². The first kappa shape index (κ1) is 20.2. The molecule has 0 aliphatic rings. The van der Waals surface area contributed by atoms with Crippen LogP contribution in [-0.2, 0) is 16.4 Å². The molecule has 0 unspecified atom stereocenters. The first-order valence-electron chi connectivity index (χ1n) is 7.07. The highest BCUT2D eigenvalue weighted by Crippen LogP contribution is 2.37. The van der Waals surface area contributed by atoms with Crippen LogP contribution in [0.4, 0.5) is 13.2 Å². The lowest BCUT2D eigenvalue weighted by Crippen LogP contribution is -2.17. The predicted octanol–water partition coefficient (Wildman–Crippen LogP) is 3.97. The number of sulfone groups is 1. The maximum atomic E-state index is 13.5. The van der Waals surface area contributed by atoms with Gasteiger partial charge in [0.25, 0.3) is 0 Å². The highest BCUT2D eigenvalue weighted by atomic mass is 79.9. The van der Waals surface area contributed by atoms with Crippen molar-refractivity contribution in [1.29, 1.82) is 5.26 Å². The number of hydrogen-bond donors (Lipinski definition) is 1. The van der Waals surface area contributed by atoms with Crippen LogP contribution in [0.3, 0.4) is 0 Å². The van der Waals surface area contributed by atoms with Crippen molar-refractivity contribution in [2.45, 2.75) is 17.2 Å². The maximum Gasteiger partial charge on any atom is 0.341 e. The van der Waals surface area contributed by atoms with Gasteiger partial charge in [0.2, 0.25) is 9.84 Å². The number of hydrogen-bond acceptors (Lipinski definition) is 5. The third kappa shape index (κ3) is 4.17. The van der Waals surface area contributed by atoms with E-state index in [9.17, 15) is 21.6 Å². The van der Waals surface area contributed by atoms with Gasteiger partial charge in [0.05, 0.1) is 21.0 Å². The first-order valence-corrected chi connectivity index (χ1v) is 9.41. The Hall–Kier alpha value is -2.09. The Labute approximate surface area is 156 Å². The summed E-state index contributed by atoms with van der Waals surface area (Å²) in [5.41, 5.74) is 0.0747.